The molecular formula is C11H11BrN4O. The molecule has 17 heavy (non-hydrogen) atoms. The Bertz CT molecular complexity index is 495. The van der Waals surface area contributed by atoms with Gasteiger partial charge >= 0.3 is 0 Å². The van der Waals surface area contributed by atoms with Crippen LogP contribution in [0.2, 0.25) is 0 Å². The molecule has 2 aromatic rings. The zero-order valence-corrected chi connectivity index (χ0v) is 10.7. The third-order valence-corrected chi connectivity index (χ3v) is 2.88. The third kappa shape index (κ3) is 2.91. The van der Waals surface area contributed by atoms with E-state index in [4.69, 9.17) is 0 Å². The van der Waals surface area contributed by atoms with Gasteiger partial charge in [-0.05, 0) is 24.6 Å². The lowest BCUT2D eigenvalue weighted by Gasteiger charge is -2.13. The average Bonchev–Trinajstić information content (AvgIpc) is 2.83. The summed E-state index contributed by atoms with van der Waals surface area (Å²) in [6, 6.07) is 7.70. The Morgan fingerprint density at radius 1 is 1.41 bits per heavy atom. The number of aromatic nitrogens is 3. The van der Waals surface area contributed by atoms with Crippen LogP contribution in [-0.2, 0) is 0 Å². The van der Waals surface area contributed by atoms with Gasteiger partial charge in [0.25, 0.3) is 5.91 Å². The average molecular weight is 295 g/mol. The van der Waals surface area contributed by atoms with E-state index in [1.165, 1.54) is 6.33 Å². The molecule has 2 rings (SSSR count). The molecule has 2 N–H and O–H groups in total. The second-order valence-electron chi connectivity index (χ2n) is 3.58. The van der Waals surface area contributed by atoms with E-state index in [0.29, 0.717) is 0 Å². The van der Waals surface area contributed by atoms with E-state index in [2.05, 4.69) is 36.4 Å². The zero-order valence-electron chi connectivity index (χ0n) is 9.14. The molecule has 0 fully saturated rings. The molecule has 1 amide bonds. The fourth-order valence-electron chi connectivity index (χ4n) is 1.41. The minimum Gasteiger partial charge on any atom is -0.343 e. The maximum Gasteiger partial charge on any atom is 0.289 e. The smallest absolute Gasteiger partial charge is 0.289 e. The number of benzene rings is 1. The summed E-state index contributed by atoms with van der Waals surface area (Å²) in [7, 11) is 0. The number of nitrogens with one attached hydrogen (secondary N) is 2. The molecule has 0 spiro atoms. The van der Waals surface area contributed by atoms with Crippen molar-refractivity contribution in [1.82, 2.24) is 20.5 Å². The Balaban J connectivity index is 2.04. The van der Waals surface area contributed by atoms with Gasteiger partial charge in [0.15, 0.2) is 0 Å². The van der Waals surface area contributed by atoms with Gasteiger partial charge in [0.05, 0.1) is 6.04 Å². The molecular weight excluding hydrogens is 284 g/mol. The van der Waals surface area contributed by atoms with Crippen molar-refractivity contribution in [3.05, 3.63) is 46.5 Å². The van der Waals surface area contributed by atoms with Gasteiger partial charge in [-0.3, -0.25) is 9.89 Å². The summed E-state index contributed by atoms with van der Waals surface area (Å²) < 4.78 is 1.01. The minimum atomic E-state index is -0.266. The predicted octanol–water partition coefficient (Wildman–Crippen LogP) is 2.06. The molecule has 0 radical (unpaired) electrons. The first-order chi connectivity index (χ1) is 8.16. The molecule has 0 bridgehead atoms. The highest BCUT2D eigenvalue weighted by atomic mass is 79.9. The van der Waals surface area contributed by atoms with Crippen molar-refractivity contribution in [3.8, 4) is 0 Å². The van der Waals surface area contributed by atoms with Crippen LogP contribution < -0.4 is 5.32 Å². The van der Waals surface area contributed by atoms with E-state index >= 15 is 0 Å². The Hall–Kier alpha value is -1.69. The Morgan fingerprint density at radius 2 is 2.12 bits per heavy atom. The van der Waals surface area contributed by atoms with Crippen molar-refractivity contribution < 1.29 is 4.79 Å². The highest BCUT2D eigenvalue weighted by molar-refractivity contribution is 9.10. The monoisotopic (exact) mass is 294 g/mol. The maximum atomic E-state index is 11.7. The van der Waals surface area contributed by atoms with Crippen molar-refractivity contribution in [2.75, 3.05) is 0 Å². The molecule has 0 aliphatic rings. The van der Waals surface area contributed by atoms with Gasteiger partial charge < -0.3 is 5.32 Å². The molecule has 1 atom stereocenters. The maximum absolute atomic E-state index is 11.7. The Kier molecular flexibility index (Phi) is 3.53. The van der Waals surface area contributed by atoms with Crippen LogP contribution in [0.15, 0.2) is 35.1 Å². The number of amides is 1. The van der Waals surface area contributed by atoms with Gasteiger partial charge in [0.1, 0.15) is 6.33 Å². The summed E-state index contributed by atoms with van der Waals surface area (Å²) in [4.78, 5) is 15.5. The van der Waals surface area contributed by atoms with Crippen LogP contribution in [0.4, 0.5) is 0 Å². The third-order valence-electron chi connectivity index (χ3n) is 2.35. The lowest BCUT2D eigenvalue weighted by Crippen LogP contribution is -2.27. The van der Waals surface area contributed by atoms with Crippen molar-refractivity contribution in [1.29, 1.82) is 0 Å². The van der Waals surface area contributed by atoms with Crippen molar-refractivity contribution >= 4 is 21.8 Å². The van der Waals surface area contributed by atoms with Gasteiger partial charge in [-0.15, -0.1) is 0 Å². The number of hydrogen-bond acceptors (Lipinski definition) is 3. The van der Waals surface area contributed by atoms with Crippen LogP contribution in [0, 0.1) is 0 Å². The van der Waals surface area contributed by atoms with Crippen LogP contribution in [0.5, 0.6) is 0 Å². The largest absolute Gasteiger partial charge is 0.343 e. The first-order valence-corrected chi connectivity index (χ1v) is 5.88. The van der Waals surface area contributed by atoms with Gasteiger partial charge in [-0.25, -0.2) is 4.98 Å². The molecule has 1 aromatic heterocycles. The minimum absolute atomic E-state index is 0.0827. The summed E-state index contributed by atoms with van der Waals surface area (Å²) in [5.41, 5.74) is 1.03. The molecule has 0 saturated carbocycles. The Labute approximate surface area is 107 Å². The zero-order chi connectivity index (χ0) is 12.3. The number of carbonyl (C=O) groups is 1. The van der Waals surface area contributed by atoms with Gasteiger partial charge in [0.2, 0.25) is 5.82 Å². The van der Waals surface area contributed by atoms with Gasteiger partial charge in [-0.2, -0.15) is 5.10 Å². The highest BCUT2D eigenvalue weighted by Gasteiger charge is 2.13. The molecule has 1 heterocycles. The molecule has 88 valence electrons. The van der Waals surface area contributed by atoms with Crippen molar-refractivity contribution in [2.24, 2.45) is 0 Å². The summed E-state index contributed by atoms with van der Waals surface area (Å²) in [5, 5.41) is 8.98. The van der Waals surface area contributed by atoms with E-state index in [1.54, 1.807) is 0 Å². The summed E-state index contributed by atoms with van der Waals surface area (Å²) >= 11 is 3.37. The van der Waals surface area contributed by atoms with Crippen LogP contribution >= 0.6 is 15.9 Å². The first-order valence-electron chi connectivity index (χ1n) is 5.08. The number of rotatable bonds is 3. The lowest BCUT2D eigenvalue weighted by atomic mass is 10.1. The topological polar surface area (TPSA) is 70.7 Å². The first kappa shape index (κ1) is 11.8. The summed E-state index contributed by atoms with van der Waals surface area (Å²) in [6.07, 6.45) is 1.30. The Morgan fingerprint density at radius 3 is 2.71 bits per heavy atom. The number of hydrogen-bond donors (Lipinski definition) is 2. The standard InChI is InChI=1S/C11H11BrN4O/c1-7(8-2-4-9(12)5-3-8)15-11(17)10-13-6-14-16-10/h2-7H,1H3,(H,15,17)(H,13,14,16)/t7-/m0/s1. The fourth-order valence-corrected chi connectivity index (χ4v) is 1.68. The van der Waals surface area contributed by atoms with E-state index < -0.39 is 0 Å². The van der Waals surface area contributed by atoms with Crippen LogP contribution in [-0.4, -0.2) is 21.1 Å². The number of aromatic amines is 1. The molecule has 6 heteroatoms. The molecule has 1 aromatic carbocycles. The van der Waals surface area contributed by atoms with Crippen molar-refractivity contribution in [2.45, 2.75) is 13.0 Å². The van der Waals surface area contributed by atoms with E-state index in [0.717, 1.165) is 10.0 Å². The van der Waals surface area contributed by atoms with Crippen LogP contribution in [0.1, 0.15) is 29.1 Å². The van der Waals surface area contributed by atoms with E-state index in [-0.39, 0.29) is 17.8 Å². The fraction of sp³-hybridized carbons (Fsp3) is 0.182. The van der Waals surface area contributed by atoms with Gasteiger partial charge in [-0.1, -0.05) is 28.1 Å². The quantitative estimate of drug-likeness (QED) is 0.910. The summed E-state index contributed by atoms with van der Waals surface area (Å²) in [6.45, 7) is 1.91. The number of halogens is 1. The number of H-pyrrole nitrogens is 1. The molecule has 0 aliphatic heterocycles. The highest BCUT2D eigenvalue weighted by Crippen LogP contribution is 2.16. The van der Waals surface area contributed by atoms with Gasteiger partial charge in [0, 0.05) is 4.47 Å². The second kappa shape index (κ2) is 5.09. The van der Waals surface area contributed by atoms with Crippen LogP contribution in [0.3, 0.4) is 0 Å². The van der Waals surface area contributed by atoms with Crippen LogP contribution in [0.25, 0.3) is 0 Å². The second-order valence-corrected chi connectivity index (χ2v) is 4.50. The normalized spacial score (nSPS) is 12.1. The lowest BCUT2D eigenvalue weighted by molar-refractivity contribution is 0.0930. The molecule has 5 nitrogen and oxygen atoms in total. The molecule has 0 saturated heterocycles. The summed E-state index contributed by atoms with van der Waals surface area (Å²) in [5.74, 6) is -0.0492. The number of nitrogens with zero attached hydrogens (tertiary/aromatic N) is 2. The SMILES string of the molecule is C[C@H](NC(=O)c1ncn[nH]1)c1ccc(Br)cc1. The van der Waals surface area contributed by atoms with E-state index in [9.17, 15) is 4.79 Å². The molecule has 0 aliphatic carbocycles. The molecule has 0 unspecified atom stereocenters. The van der Waals surface area contributed by atoms with E-state index in [1.807, 2.05) is 31.2 Å². The van der Waals surface area contributed by atoms with Crippen molar-refractivity contribution in [3.63, 3.8) is 0 Å². The number of carbonyl (C=O) groups excluding carboxylic acids is 1. The predicted molar refractivity (Wildman–Crippen MR) is 66.4 cm³/mol.